The van der Waals surface area contributed by atoms with E-state index in [0.717, 1.165) is 25.2 Å². The number of hydrogen-bond acceptors (Lipinski definition) is 5. The van der Waals surface area contributed by atoms with Crippen LogP contribution in [0.25, 0.3) is 0 Å². The van der Waals surface area contributed by atoms with Gasteiger partial charge in [-0.15, -0.1) is 0 Å². The number of nitrogens with zero attached hydrogens (tertiary/aromatic N) is 3. The largest absolute Gasteiger partial charge is 0.351 e. The number of amides is 3. The molecule has 0 saturated carbocycles. The van der Waals surface area contributed by atoms with Crippen molar-refractivity contribution >= 4 is 17.7 Å². The van der Waals surface area contributed by atoms with E-state index >= 15 is 0 Å². The predicted molar refractivity (Wildman–Crippen MR) is 114 cm³/mol. The highest BCUT2D eigenvalue weighted by Gasteiger charge is 2.36. The van der Waals surface area contributed by atoms with E-state index in [9.17, 15) is 14.4 Å². The molecule has 0 spiro atoms. The number of imide groups is 1. The van der Waals surface area contributed by atoms with Crippen molar-refractivity contribution in [1.29, 1.82) is 5.26 Å². The molecule has 2 aliphatic rings. The van der Waals surface area contributed by atoms with E-state index in [2.05, 4.69) is 10.2 Å². The lowest BCUT2D eigenvalue weighted by atomic mass is 10.1. The number of rotatable bonds is 6. The SMILES string of the molecule is N#Cc1ccc(CN2C(=O)c3ccc(C(=O)NCCN4CCCCC4)cc3C2=O)cc1. The fourth-order valence-electron chi connectivity index (χ4n) is 4.06. The summed E-state index contributed by atoms with van der Waals surface area (Å²) in [7, 11) is 0. The van der Waals surface area contributed by atoms with E-state index in [0.29, 0.717) is 23.2 Å². The minimum atomic E-state index is -0.410. The van der Waals surface area contributed by atoms with E-state index in [1.54, 1.807) is 36.4 Å². The molecule has 0 radical (unpaired) electrons. The Bertz CT molecular complexity index is 1050. The fraction of sp³-hybridized carbons (Fsp3) is 0.333. The molecule has 2 heterocycles. The molecule has 2 aromatic rings. The zero-order valence-corrected chi connectivity index (χ0v) is 17.3. The number of nitriles is 1. The molecule has 2 aromatic carbocycles. The lowest BCUT2D eigenvalue weighted by Gasteiger charge is -2.26. The first-order chi connectivity index (χ1) is 15.1. The molecule has 2 aliphatic heterocycles. The summed E-state index contributed by atoms with van der Waals surface area (Å²) in [5, 5.41) is 11.8. The fourth-order valence-corrected chi connectivity index (χ4v) is 4.06. The van der Waals surface area contributed by atoms with Crippen LogP contribution in [-0.2, 0) is 6.54 Å². The standard InChI is InChI=1S/C24H24N4O3/c25-15-17-4-6-18(7-5-17)16-28-23(30)20-9-8-19(14-21(20)24(28)31)22(29)26-10-13-27-11-2-1-3-12-27/h4-9,14H,1-3,10-13,16H2,(H,26,29). The van der Waals surface area contributed by atoms with Gasteiger partial charge in [0.15, 0.2) is 0 Å². The molecule has 0 bridgehead atoms. The number of fused-ring (bicyclic) bond motifs is 1. The second-order valence-electron chi connectivity index (χ2n) is 7.92. The monoisotopic (exact) mass is 416 g/mol. The first-order valence-corrected chi connectivity index (χ1v) is 10.6. The Kier molecular flexibility index (Phi) is 6.10. The quantitative estimate of drug-likeness (QED) is 0.731. The van der Waals surface area contributed by atoms with Crippen LogP contribution in [0.5, 0.6) is 0 Å². The summed E-state index contributed by atoms with van der Waals surface area (Å²) in [5.74, 6) is -1.03. The van der Waals surface area contributed by atoms with Crippen LogP contribution in [0.2, 0.25) is 0 Å². The molecular weight excluding hydrogens is 392 g/mol. The maximum atomic E-state index is 12.8. The highest BCUT2D eigenvalue weighted by atomic mass is 16.2. The van der Waals surface area contributed by atoms with Crippen LogP contribution < -0.4 is 5.32 Å². The van der Waals surface area contributed by atoms with Crippen LogP contribution in [-0.4, -0.2) is 53.7 Å². The van der Waals surface area contributed by atoms with Crippen molar-refractivity contribution in [2.24, 2.45) is 0 Å². The summed E-state index contributed by atoms with van der Waals surface area (Å²) < 4.78 is 0. The third kappa shape index (κ3) is 4.49. The van der Waals surface area contributed by atoms with Crippen LogP contribution in [0.4, 0.5) is 0 Å². The van der Waals surface area contributed by atoms with Crippen molar-refractivity contribution in [2.45, 2.75) is 25.8 Å². The van der Waals surface area contributed by atoms with E-state index in [1.165, 1.54) is 30.2 Å². The number of carbonyl (C=O) groups is 3. The van der Waals surface area contributed by atoms with Crippen molar-refractivity contribution in [3.63, 3.8) is 0 Å². The Balaban J connectivity index is 1.40. The van der Waals surface area contributed by atoms with Crippen LogP contribution in [0, 0.1) is 11.3 Å². The van der Waals surface area contributed by atoms with Crippen LogP contribution in [0.1, 0.15) is 61.5 Å². The summed E-state index contributed by atoms with van der Waals surface area (Å²) in [6.45, 7) is 3.62. The van der Waals surface area contributed by atoms with Gasteiger partial charge in [0.1, 0.15) is 0 Å². The van der Waals surface area contributed by atoms with Crippen LogP contribution >= 0.6 is 0 Å². The van der Waals surface area contributed by atoms with Crippen molar-refractivity contribution in [3.05, 3.63) is 70.3 Å². The van der Waals surface area contributed by atoms with E-state index in [1.807, 2.05) is 6.07 Å². The molecule has 0 aromatic heterocycles. The first-order valence-electron chi connectivity index (χ1n) is 10.6. The summed E-state index contributed by atoms with van der Waals surface area (Å²) in [5.41, 5.74) is 2.20. The molecule has 31 heavy (non-hydrogen) atoms. The maximum Gasteiger partial charge on any atom is 0.261 e. The average Bonchev–Trinajstić information content (AvgIpc) is 3.04. The Labute approximate surface area is 181 Å². The topological polar surface area (TPSA) is 93.5 Å². The third-order valence-corrected chi connectivity index (χ3v) is 5.82. The number of hydrogen-bond donors (Lipinski definition) is 1. The molecule has 158 valence electrons. The van der Waals surface area contributed by atoms with Crippen molar-refractivity contribution < 1.29 is 14.4 Å². The lowest BCUT2D eigenvalue weighted by molar-refractivity contribution is 0.0642. The number of likely N-dealkylation sites (tertiary alicyclic amines) is 1. The summed E-state index contributed by atoms with van der Waals surface area (Å²) >= 11 is 0. The normalized spacial score (nSPS) is 16.2. The van der Waals surface area contributed by atoms with Gasteiger partial charge >= 0.3 is 0 Å². The molecule has 0 atom stereocenters. The predicted octanol–water partition coefficient (Wildman–Crippen LogP) is 2.57. The lowest BCUT2D eigenvalue weighted by Crippen LogP contribution is -2.37. The van der Waals surface area contributed by atoms with Gasteiger partial charge in [0.05, 0.1) is 29.3 Å². The minimum absolute atomic E-state index is 0.120. The molecule has 3 amide bonds. The average molecular weight is 416 g/mol. The number of benzene rings is 2. The van der Waals surface area contributed by atoms with Crippen molar-refractivity contribution in [2.75, 3.05) is 26.2 Å². The minimum Gasteiger partial charge on any atom is -0.351 e. The van der Waals surface area contributed by atoms with Gasteiger partial charge in [0.2, 0.25) is 0 Å². The Morgan fingerprint density at radius 1 is 0.968 bits per heavy atom. The first kappa shape index (κ1) is 20.8. The molecule has 0 unspecified atom stereocenters. The number of carbonyl (C=O) groups excluding carboxylic acids is 3. The van der Waals surface area contributed by atoms with Crippen LogP contribution in [0.15, 0.2) is 42.5 Å². The van der Waals surface area contributed by atoms with Gasteiger partial charge in [-0.05, 0) is 61.8 Å². The summed E-state index contributed by atoms with van der Waals surface area (Å²) in [6, 6.07) is 13.4. The van der Waals surface area contributed by atoms with E-state index in [-0.39, 0.29) is 23.9 Å². The van der Waals surface area contributed by atoms with Crippen molar-refractivity contribution in [3.8, 4) is 6.07 Å². The molecule has 0 aliphatic carbocycles. The van der Waals surface area contributed by atoms with E-state index < -0.39 is 5.91 Å². The molecule has 7 nitrogen and oxygen atoms in total. The molecule has 1 fully saturated rings. The molecule has 4 rings (SSSR count). The molecule has 7 heteroatoms. The molecule has 1 N–H and O–H groups in total. The smallest absolute Gasteiger partial charge is 0.261 e. The second kappa shape index (κ2) is 9.11. The van der Waals surface area contributed by atoms with E-state index in [4.69, 9.17) is 5.26 Å². The Morgan fingerprint density at radius 3 is 2.39 bits per heavy atom. The number of nitrogens with one attached hydrogen (secondary N) is 1. The van der Waals surface area contributed by atoms with Gasteiger partial charge in [-0.1, -0.05) is 18.6 Å². The maximum absolute atomic E-state index is 12.8. The summed E-state index contributed by atoms with van der Waals surface area (Å²) in [4.78, 5) is 41.6. The summed E-state index contributed by atoms with van der Waals surface area (Å²) in [6.07, 6.45) is 3.68. The zero-order valence-electron chi connectivity index (χ0n) is 17.3. The Hall–Kier alpha value is -3.50. The van der Waals surface area contributed by atoms with Gasteiger partial charge in [0, 0.05) is 18.7 Å². The second-order valence-corrected chi connectivity index (χ2v) is 7.92. The number of piperidine rings is 1. The van der Waals surface area contributed by atoms with Gasteiger partial charge in [-0.25, -0.2) is 0 Å². The molecule has 1 saturated heterocycles. The van der Waals surface area contributed by atoms with Gasteiger partial charge < -0.3 is 10.2 Å². The molecular formula is C24H24N4O3. The Morgan fingerprint density at radius 2 is 1.68 bits per heavy atom. The van der Waals surface area contributed by atoms with Gasteiger partial charge in [-0.2, -0.15) is 5.26 Å². The van der Waals surface area contributed by atoms with Gasteiger partial charge in [0.25, 0.3) is 17.7 Å². The zero-order chi connectivity index (χ0) is 21.8. The highest BCUT2D eigenvalue weighted by Crippen LogP contribution is 2.26. The van der Waals surface area contributed by atoms with Crippen molar-refractivity contribution in [1.82, 2.24) is 15.1 Å². The highest BCUT2D eigenvalue weighted by molar-refractivity contribution is 6.22. The third-order valence-electron chi connectivity index (χ3n) is 5.82. The van der Waals surface area contributed by atoms with Crippen LogP contribution in [0.3, 0.4) is 0 Å². The van der Waals surface area contributed by atoms with Gasteiger partial charge in [-0.3, -0.25) is 19.3 Å².